The third-order valence-corrected chi connectivity index (χ3v) is 3.38. The number of halogens is 2. The Bertz CT molecular complexity index is 538. The minimum Gasteiger partial charge on any atom is -0.486 e. The first-order valence-electron chi connectivity index (χ1n) is 7.70. The molecule has 0 bridgehead atoms. The highest BCUT2D eigenvalue weighted by molar-refractivity contribution is 14.0. The standard InChI is InChI=1S/C16H24ClN3O2.HI/c1-4-18-16(19-9-11(2)3)20-10-12-7-13(17)15-14(8-12)21-5-6-22-15;/h7-8,11H,4-6,9-10H2,1-3H3,(H2,18,19,20);1H. The van der Waals surface area contributed by atoms with Gasteiger partial charge in [-0.05, 0) is 30.5 Å². The van der Waals surface area contributed by atoms with Crippen LogP contribution in [-0.4, -0.2) is 32.3 Å². The molecule has 2 N–H and O–H groups in total. The second-order valence-corrected chi connectivity index (χ2v) is 5.98. The molecule has 0 fully saturated rings. The molecule has 0 spiro atoms. The zero-order valence-corrected chi connectivity index (χ0v) is 16.9. The molecule has 0 atom stereocenters. The minimum atomic E-state index is 0. The number of nitrogens with zero attached hydrogens (tertiary/aromatic N) is 1. The molecule has 1 aromatic carbocycles. The summed E-state index contributed by atoms with van der Waals surface area (Å²) in [6.45, 7) is 9.70. The lowest BCUT2D eigenvalue weighted by Gasteiger charge is -2.20. The average molecular weight is 454 g/mol. The molecule has 23 heavy (non-hydrogen) atoms. The zero-order valence-electron chi connectivity index (χ0n) is 13.8. The molecule has 0 aromatic heterocycles. The summed E-state index contributed by atoms with van der Waals surface area (Å²) >= 11 is 6.24. The van der Waals surface area contributed by atoms with Crippen molar-refractivity contribution in [2.75, 3.05) is 26.3 Å². The highest BCUT2D eigenvalue weighted by Crippen LogP contribution is 2.38. The number of hydrogen-bond acceptors (Lipinski definition) is 3. The van der Waals surface area contributed by atoms with Crippen LogP contribution in [0.2, 0.25) is 5.02 Å². The largest absolute Gasteiger partial charge is 0.486 e. The lowest BCUT2D eigenvalue weighted by atomic mass is 10.2. The van der Waals surface area contributed by atoms with Crippen molar-refractivity contribution in [3.8, 4) is 11.5 Å². The van der Waals surface area contributed by atoms with Gasteiger partial charge in [-0.25, -0.2) is 4.99 Å². The van der Waals surface area contributed by atoms with Gasteiger partial charge in [0.05, 0.1) is 11.6 Å². The van der Waals surface area contributed by atoms with Crippen LogP contribution < -0.4 is 20.1 Å². The van der Waals surface area contributed by atoms with Gasteiger partial charge in [0.15, 0.2) is 17.5 Å². The first-order valence-corrected chi connectivity index (χ1v) is 8.08. The minimum absolute atomic E-state index is 0. The van der Waals surface area contributed by atoms with Gasteiger partial charge in [0.25, 0.3) is 0 Å². The molecular weight excluding hydrogens is 429 g/mol. The third-order valence-electron chi connectivity index (χ3n) is 3.10. The van der Waals surface area contributed by atoms with Crippen LogP contribution in [0, 0.1) is 5.92 Å². The summed E-state index contributed by atoms with van der Waals surface area (Å²) in [5.74, 6) is 2.70. The van der Waals surface area contributed by atoms with Gasteiger partial charge in [-0.15, -0.1) is 24.0 Å². The van der Waals surface area contributed by atoms with Crippen LogP contribution in [0.15, 0.2) is 17.1 Å². The lowest BCUT2D eigenvalue weighted by Crippen LogP contribution is -2.39. The van der Waals surface area contributed by atoms with E-state index in [0.29, 0.717) is 42.2 Å². The number of ether oxygens (including phenoxy) is 2. The van der Waals surface area contributed by atoms with Crippen molar-refractivity contribution in [3.63, 3.8) is 0 Å². The van der Waals surface area contributed by atoms with E-state index in [9.17, 15) is 0 Å². The molecular formula is C16H25ClIN3O2. The summed E-state index contributed by atoms with van der Waals surface area (Å²) in [4.78, 5) is 4.59. The van der Waals surface area contributed by atoms with Gasteiger partial charge in [0, 0.05) is 13.1 Å². The monoisotopic (exact) mass is 453 g/mol. The Morgan fingerprint density at radius 3 is 2.70 bits per heavy atom. The maximum absolute atomic E-state index is 6.24. The second kappa shape index (κ2) is 10.1. The van der Waals surface area contributed by atoms with E-state index in [2.05, 4.69) is 29.5 Å². The quantitative estimate of drug-likeness (QED) is 0.407. The number of guanidine groups is 1. The van der Waals surface area contributed by atoms with Crippen LogP contribution in [0.25, 0.3) is 0 Å². The van der Waals surface area contributed by atoms with Crippen LogP contribution in [0.5, 0.6) is 11.5 Å². The van der Waals surface area contributed by atoms with Crippen LogP contribution in [0.4, 0.5) is 0 Å². The molecule has 130 valence electrons. The zero-order chi connectivity index (χ0) is 15.9. The van der Waals surface area contributed by atoms with Crippen LogP contribution in [0.3, 0.4) is 0 Å². The first kappa shape index (κ1) is 20.2. The van der Waals surface area contributed by atoms with Crippen molar-refractivity contribution in [1.29, 1.82) is 0 Å². The first-order chi connectivity index (χ1) is 10.6. The molecule has 1 aliphatic rings. The molecule has 0 unspecified atom stereocenters. The van der Waals surface area contributed by atoms with E-state index >= 15 is 0 Å². The fraction of sp³-hybridized carbons (Fsp3) is 0.562. The van der Waals surface area contributed by atoms with Gasteiger partial charge in [0.1, 0.15) is 13.2 Å². The van der Waals surface area contributed by atoms with Crippen LogP contribution in [0.1, 0.15) is 26.3 Å². The van der Waals surface area contributed by atoms with Crippen molar-refractivity contribution in [2.24, 2.45) is 10.9 Å². The van der Waals surface area contributed by atoms with Gasteiger partial charge in [-0.1, -0.05) is 25.4 Å². The van der Waals surface area contributed by atoms with Crippen molar-refractivity contribution in [2.45, 2.75) is 27.3 Å². The van der Waals surface area contributed by atoms with Crippen molar-refractivity contribution in [3.05, 3.63) is 22.7 Å². The highest BCUT2D eigenvalue weighted by atomic mass is 127. The van der Waals surface area contributed by atoms with E-state index in [1.165, 1.54) is 0 Å². The summed E-state index contributed by atoms with van der Waals surface area (Å²) in [6.07, 6.45) is 0. The van der Waals surface area contributed by atoms with E-state index in [-0.39, 0.29) is 24.0 Å². The number of benzene rings is 1. The van der Waals surface area contributed by atoms with E-state index in [1.54, 1.807) is 0 Å². The Hall–Kier alpha value is -0.890. The number of nitrogens with one attached hydrogen (secondary N) is 2. The molecule has 1 aromatic rings. The fourth-order valence-electron chi connectivity index (χ4n) is 2.07. The summed E-state index contributed by atoms with van der Waals surface area (Å²) in [5.41, 5.74) is 0.996. The molecule has 1 aliphatic heterocycles. The van der Waals surface area contributed by atoms with Gasteiger partial charge in [0.2, 0.25) is 0 Å². The highest BCUT2D eigenvalue weighted by Gasteiger charge is 2.16. The van der Waals surface area contributed by atoms with Crippen molar-refractivity contribution in [1.82, 2.24) is 10.6 Å². The Morgan fingerprint density at radius 2 is 2.00 bits per heavy atom. The van der Waals surface area contributed by atoms with Crippen molar-refractivity contribution < 1.29 is 9.47 Å². The predicted octanol–water partition coefficient (Wildman–Crippen LogP) is 3.44. The molecule has 0 aliphatic carbocycles. The molecule has 2 rings (SSSR count). The van der Waals surface area contributed by atoms with Gasteiger partial charge in [-0.2, -0.15) is 0 Å². The normalized spacial score (nSPS) is 13.5. The van der Waals surface area contributed by atoms with E-state index in [0.717, 1.165) is 24.6 Å². The lowest BCUT2D eigenvalue weighted by molar-refractivity contribution is 0.171. The third kappa shape index (κ3) is 6.25. The van der Waals surface area contributed by atoms with E-state index in [4.69, 9.17) is 21.1 Å². The summed E-state index contributed by atoms with van der Waals surface area (Å²) in [7, 11) is 0. The smallest absolute Gasteiger partial charge is 0.191 e. The number of rotatable bonds is 5. The molecule has 0 saturated heterocycles. The SMILES string of the molecule is CCNC(=NCc1cc(Cl)c2c(c1)OCCO2)NCC(C)C.I. The topological polar surface area (TPSA) is 54.9 Å². The molecule has 1 heterocycles. The molecule has 0 amide bonds. The molecule has 7 heteroatoms. The number of aliphatic imine (C=N–C) groups is 1. The fourth-order valence-corrected chi connectivity index (χ4v) is 2.36. The van der Waals surface area contributed by atoms with Crippen LogP contribution in [-0.2, 0) is 6.54 Å². The number of hydrogen-bond donors (Lipinski definition) is 2. The van der Waals surface area contributed by atoms with Crippen LogP contribution >= 0.6 is 35.6 Å². The average Bonchev–Trinajstić information content (AvgIpc) is 2.50. The Labute approximate surface area is 160 Å². The molecule has 0 saturated carbocycles. The summed E-state index contributed by atoms with van der Waals surface area (Å²) < 4.78 is 11.1. The van der Waals surface area contributed by atoms with Crippen molar-refractivity contribution >= 4 is 41.5 Å². The maximum Gasteiger partial charge on any atom is 0.191 e. The Balaban J connectivity index is 0.00000264. The van der Waals surface area contributed by atoms with E-state index in [1.807, 2.05) is 19.1 Å². The Morgan fingerprint density at radius 1 is 1.26 bits per heavy atom. The molecule has 5 nitrogen and oxygen atoms in total. The van der Waals surface area contributed by atoms with E-state index < -0.39 is 0 Å². The number of fused-ring (bicyclic) bond motifs is 1. The summed E-state index contributed by atoms with van der Waals surface area (Å²) in [5, 5.41) is 7.12. The molecule has 0 radical (unpaired) electrons. The maximum atomic E-state index is 6.24. The van der Waals surface area contributed by atoms with Gasteiger partial charge < -0.3 is 20.1 Å². The predicted molar refractivity (Wildman–Crippen MR) is 106 cm³/mol. The Kier molecular flexibility index (Phi) is 8.83. The van der Waals surface area contributed by atoms with Gasteiger partial charge >= 0.3 is 0 Å². The summed E-state index contributed by atoms with van der Waals surface area (Å²) in [6, 6.07) is 3.82. The van der Waals surface area contributed by atoms with Gasteiger partial charge in [-0.3, -0.25) is 0 Å². The second-order valence-electron chi connectivity index (χ2n) is 5.57.